The van der Waals surface area contributed by atoms with Crippen LogP contribution in [0.5, 0.6) is 0 Å². The van der Waals surface area contributed by atoms with Crippen molar-refractivity contribution >= 4 is 11.4 Å². The quantitative estimate of drug-likeness (QED) is 0.641. The molecule has 22 heavy (non-hydrogen) atoms. The fraction of sp³-hybridized carbons (Fsp3) is 0.143. The molecule has 4 N–H and O–H groups in total. The largest absolute Gasteiger partial charge is 0.322 e. The molecule has 0 aliphatic carbocycles. The Kier molecular flexibility index (Phi) is 4.44. The maximum absolute atomic E-state index is 11.1. The molecule has 0 bridgehead atoms. The summed E-state index contributed by atoms with van der Waals surface area (Å²) in [5.74, 6) is 0. The van der Waals surface area contributed by atoms with Crippen molar-refractivity contribution in [2.75, 3.05) is 0 Å². The normalized spacial score (nSPS) is 13.4. The van der Waals surface area contributed by atoms with Gasteiger partial charge in [-0.25, -0.2) is 0 Å². The molecule has 0 radical (unpaired) electrons. The van der Waals surface area contributed by atoms with Crippen LogP contribution >= 0.6 is 0 Å². The van der Waals surface area contributed by atoms with E-state index in [1.54, 1.807) is 12.1 Å². The van der Waals surface area contributed by atoms with Gasteiger partial charge in [-0.2, -0.15) is 0 Å². The highest BCUT2D eigenvalue weighted by atomic mass is 16.6. The molecule has 0 unspecified atom stereocenters. The van der Waals surface area contributed by atoms with E-state index >= 15 is 0 Å². The van der Waals surface area contributed by atoms with Crippen LogP contribution in [0.2, 0.25) is 0 Å². The predicted molar refractivity (Wildman–Crippen MR) is 80.0 cm³/mol. The van der Waals surface area contributed by atoms with Crippen LogP contribution in [0.1, 0.15) is 23.2 Å². The Morgan fingerprint density at radius 2 is 1.05 bits per heavy atom. The number of rotatable bonds is 5. The molecule has 0 fully saturated rings. The summed E-state index contributed by atoms with van der Waals surface area (Å²) < 4.78 is 0. The lowest BCUT2D eigenvalue weighted by atomic mass is 9.93. The van der Waals surface area contributed by atoms with Crippen LogP contribution in [-0.2, 0) is 0 Å². The van der Waals surface area contributed by atoms with Gasteiger partial charge in [0.05, 0.1) is 21.9 Å². The number of nitrogens with two attached hydrogens (primary N) is 2. The van der Waals surface area contributed by atoms with E-state index in [-0.39, 0.29) is 22.5 Å². The molecule has 8 nitrogen and oxygen atoms in total. The summed E-state index contributed by atoms with van der Waals surface area (Å²) >= 11 is 0. The van der Waals surface area contributed by atoms with E-state index in [2.05, 4.69) is 0 Å². The van der Waals surface area contributed by atoms with Crippen LogP contribution in [0.15, 0.2) is 48.5 Å². The summed E-state index contributed by atoms with van der Waals surface area (Å²) in [5, 5.41) is 22.1. The third-order valence-corrected chi connectivity index (χ3v) is 3.37. The van der Waals surface area contributed by atoms with Crippen molar-refractivity contribution in [3.05, 3.63) is 79.9 Å². The fourth-order valence-corrected chi connectivity index (χ4v) is 2.26. The van der Waals surface area contributed by atoms with E-state index in [4.69, 9.17) is 11.5 Å². The number of hydrogen-bond donors (Lipinski definition) is 2. The summed E-state index contributed by atoms with van der Waals surface area (Å²) in [6.45, 7) is 0. The zero-order valence-corrected chi connectivity index (χ0v) is 11.5. The lowest BCUT2D eigenvalue weighted by molar-refractivity contribution is -0.386. The van der Waals surface area contributed by atoms with Crippen molar-refractivity contribution in [3.8, 4) is 0 Å². The van der Waals surface area contributed by atoms with Gasteiger partial charge in [-0.1, -0.05) is 36.4 Å². The molecule has 0 aliphatic rings. The van der Waals surface area contributed by atoms with Gasteiger partial charge in [0.15, 0.2) is 0 Å². The van der Waals surface area contributed by atoms with Crippen LogP contribution in [0, 0.1) is 20.2 Å². The zero-order valence-electron chi connectivity index (χ0n) is 11.5. The Bertz CT molecular complexity index is 658. The highest BCUT2D eigenvalue weighted by Gasteiger charge is 2.28. The van der Waals surface area contributed by atoms with Crippen molar-refractivity contribution in [3.63, 3.8) is 0 Å². The van der Waals surface area contributed by atoms with Gasteiger partial charge in [0.1, 0.15) is 0 Å². The van der Waals surface area contributed by atoms with Crippen LogP contribution in [0.25, 0.3) is 0 Å². The van der Waals surface area contributed by atoms with Gasteiger partial charge >= 0.3 is 0 Å². The molecule has 2 aromatic carbocycles. The summed E-state index contributed by atoms with van der Waals surface area (Å²) in [7, 11) is 0. The number of nitro benzene ring substituents is 2. The van der Waals surface area contributed by atoms with Crippen LogP contribution < -0.4 is 11.5 Å². The Balaban J connectivity index is 2.45. The Morgan fingerprint density at radius 1 is 0.727 bits per heavy atom. The molecular weight excluding hydrogens is 288 g/mol. The molecule has 114 valence electrons. The molecule has 2 atom stereocenters. The summed E-state index contributed by atoms with van der Waals surface area (Å²) in [5.41, 5.74) is 12.2. The first-order valence-corrected chi connectivity index (χ1v) is 6.41. The molecule has 8 heteroatoms. The standard InChI is InChI=1S/C14H14N4O4/c15-13(9-5-1-3-7-11(9)17(19)20)14(16)10-6-2-4-8-12(10)18(21)22/h1-8,13-14H,15-16H2/t13-,14-/m1/s1. The van der Waals surface area contributed by atoms with Crippen molar-refractivity contribution in [1.82, 2.24) is 0 Å². The number of nitrogens with zero attached hydrogens (tertiary/aromatic N) is 2. The van der Waals surface area contributed by atoms with Gasteiger partial charge in [0.2, 0.25) is 0 Å². The van der Waals surface area contributed by atoms with Crippen molar-refractivity contribution in [1.29, 1.82) is 0 Å². The number of hydrogen-bond acceptors (Lipinski definition) is 6. The minimum atomic E-state index is -0.942. The SMILES string of the molecule is N[C@H](c1ccccc1[N+](=O)[O-])[C@H](N)c1ccccc1[N+](=O)[O-]. The third-order valence-electron chi connectivity index (χ3n) is 3.37. The average molecular weight is 302 g/mol. The number of para-hydroxylation sites is 2. The van der Waals surface area contributed by atoms with Crippen molar-refractivity contribution in [2.24, 2.45) is 11.5 Å². The van der Waals surface area contributed by atoms with Gasteiger partial charge in [0, 0.05) is 23.3 Å². The molecule has 0 heterocycles. The highest BCUT2D eigenvalue weighted by Crippen LogP contribution is 2.34. The van der Waals surface area contributed by atoms with Gasteiger partial charge in [0.25, 0.3) is 11.4 Å². The minimum absolute atomic E-state index is 0.163. The Hall–Kier alpha value is -2.84. The average Bonchev–Trinajstić information content (AvgIpc) is 2.53. The molecule has 0 aromatic heterocycles. The second-order valence-corrected chi connectivity index (χ2v) is 4.68. The van der Waals surface area contributed by atoms with E-state index in [9.17, 15) is 20.2 Å². The van der Waals surface area contributed by atoms with Gasteiger partial charge in [-0.05, 0) is 0 Å². The van der Waals surface area contributed by atoms with Gasteiger partial charge in [-0.15, -0.1) is 0 Å². The minimum Gasteiger partial charge on any atom is -0.322 e. The van der Waals surface area contributed by atoms with Crippen LogP contribution in [-0.4, -0.2) is 9.85 Å². The smallest absolute Gasteiger partial charge is 0.274 e. The highest BCUT2D eigenvalue weighted by molar-refractivity contribution is 5.47. The molecule has 0 spiro atoms. The van der Waals surface area contributed by atoms with Gasteiger partial charge in [-0.3, -0.25) is 20.2 Å². The number of nitro groups is 2. The van der Waals surface area contributed by atoms with Crippen LogP contribution in [0.3, 0.4) is 0 Å². The number of benzene rings is 2. The third kappa shape index (κ3) is 2.92. The molecule has 0 saturated carbocycles. The molecule has 0 amide bonds. The summed E-state index contributed by atoms with van der Waals surface area (Å²) in [4.78, 5) is 21.0. The fourth-order valence-electron chi connectivity index (χ4n) is 2.26. The van der Waals surface area contributed by atoms with Crippen molar-refractivity contribution in [2.45, 2.75) is 12.1 Å². The first kappa shape index (κ1) is 15.5. The topological polar surface area (TPSA) is 138 Å². The summed E-state index contributed by atoms with van der Waals surface area (Å²) in [6, 6.07) is 10.0. The Morgan fingerprint density at radius 3 is 1.36 bits per heavy atom. The first-order chi connectivity index (χ1) is 10.4. The first-order valence-electron chi connectivity index (χ1n) is 6.41. The van der Waals surface area contributed by atoms with E-state index in [0.717, 1.165) is 0 Å². The molecule has 2 aromatic rings. The molecule has 2 rings (SSSR count). The second kappa shape index (κ2) is 6.29. The lowest BCUT2D eigenvalue weighted by Gasteiger charge is -2.20. The second-order valence-electron chi connectivity index (χ2n) is 4.68. The van der Waals surface area contributed by atoms with Crippen LogP contribution in [0.4, 0.5) is 11.4 Å². The lowest BCUT2D eigenvalue weighted by Crippen LogP contribution is -2.27. The molecular formula is C14H14N4O4. The monoisotopic (exact) mass is 302 g/mol. The molecule has 0 saturated heterocycles. The predicted octanol–water partition coefficient (Wildman–Crippen LogP) is 2.20. The van der Waals surface area contributed by atoms with E-state index in [1.165, 1.54) is 36.4 Å². The van der Waals surface area contributed by atoms with E-state index in [0.29, 0.717) is 0 Å². The maximum atomic E-state index is 11.1. The Labute approximate surface area is 125 Å². The van der Waals surface area contributed by atoms with E-state index in [1.807, 2.05) is 0 Å². The molecule has 0 aliphatic heterocycles. The zero-order chi connectivity index (χ0) is 16.3. The van der Waals surface area contributed by atoms with Gasteiger partial charge < -0.3 is 11.5 Å². The van der Waals surface area contributed by atoms with E-state index < -0.39 is 21.9 Å². The van der Waals surface area contributed by atoms with Crippen molar-refractivity contribution < 1.29 is 9.85 Å². The maximum Gasteiger partial charge on any atom is 0.274 e. The summed E-state index contributed by atoms with van der Waals surface area (Å²) in [6.07, 6.45) is 0.